The smallest absolute Gasteiger partial charge is 0.351 e. The van der Waals surface area contributed by atoms with Crippen LogP contribution in [0.4, 0.5) is 0 Å². The Labute approximate surface area is 84.1 Å². The van der Waals surface area contributed by atoms with Crippen LogP contribution in [0.15, 0.2) is 11.1 Å². The zero-order valence-electron chi connectivity index (χ0n) is 6.54. The van der Waals surface area contributed by atoms with E-state index in [1.807, 2.05) is 0 Å². The van der Waals surface area contributed by atoms with Crippen LogP contribution in [0.1, 0.15) is 6.92 Å². The number of hydrogen-bond acceptors (Lipinski definition) is 4. The lowest BCUT2D eigenvalue weighted by atomic mass is 10.1. The minimum Gasteiger partial charge on any atom is -0.550 e. The van der Waals surface area contributed by atoms with Gasteiger partial charge >= 0.3 is 5.97 Å². The first-order valence-corrected chi connectivity index (χ1v) is 4.14. The van der Waals surface area contributed by atoms with Gasteiger partial charge in [-0.3, -0.25) is 0 Å². The zero-order chi connectivity index (χ0) is 10.2. The summed E-state index contributed by atoms with van der Waals surface area (Å²) < 4.78 is 4.57. The maximum absolute atomic E-state index is 10.8. The SMILES string of the molecule is CC(C(=O)[O-])C1(Cl)C=C(Cl)C(=O)O1. The molecule has 0 bridgehead atoms. The number of ether oxygens (including phenoxy) is 1. The fourth-order valence-electron chi connectivity index (χ4n) is 0.826. The maximum atomic E-state index is 10.8. The molecule has 6 heteroatoms. The van der Waals surface area contributed by atoms with Crippen LogP contribution in [-0.2, 0) is 14.3 Å². The van der Waals surface area contributed by atoms with Crippen LogP contribution in [-0.4, -0.2) is 17.0 Å². The molecule has 0 aromatic heterocycles. The van der Waals surface area contributed by atoms with Gasteiger partial charge < -0.3 is 14.6 Å². The van der Waals surface area contributed by atoms with Crippen molar-refractivity contribution in [3.63, 3.8) is 0 Å². The van der Waals surface area contributed by atoms with E-state index >= 15 is 0 Å². The largest absolute Gasteiger partial charge is 0.550 e. The molecule has 1 aliphatic rings. The predicted octanol–water partition coefficient (Wildman–Crippen LogP) is -0.0130. The number of rotatable bonds is 2. The standard InChI is InChI=1S/C7H6Cl2O4/c1-3(5(10)11)7(9)2-4(8)6(12)13-7/h2-3H,1H3,(H,10,11)/p-1. The van der Waals surface area contributed by atoms with Crippen molar-refractivity contribution in [1.82, 2.24) is 0 Å². The van der Waals surface area contributed by atoms with Gasteiger partial charge in [-0.1, -0.05) is 30.1 Å². The summed E-state index contributed by atoms with van der Waals surface area (Å²) >= 11 is 11.1. The van der Waals surface area contributed by atoms with E-state index in [1.54, 1.807) is 0 Å². The monoisotopic (exact) mass is 223 g/mol. The Morgan fingerprint density at radius 2 is 2.31 bits per heavy atom. The molecule has 0 aromatic carbocycles. The fourth-order valence-corrected chi connectivity index (χ4v) is 1.35. The molecular formula is C7H5Cl2O4-. The first kappa shape index (κ1) is 10.3. The van der Waals surface area contributed by atoms with Crippen molar-refractivity contribution < 1.29 is 19.4 Å². The van der Waals surface area contributed by atoms with Crippen LogP contribution in [0.25, 0.3) is 0 Å². The van der Waals surface area contributed by atoms with E-state index in [4.69, 9.17) is 23.2 Å². The van der Waals surface area contributed by atoms with Crippen molar-refractivity contribution in [2.45, 2.75) is 12.0 Å². The van der Waals surface area contributed by atoms with E-state index in [0.717, 1.165) is 6.08 Å². The summed E-state index contributed by atoms with van der Waals surface area (Å²) in [5.41, 5.74) is 0. The van der Waals surface area contributed by atoms with Crippen molar-refractivity contribution in [1.29, 1.82) is 0 Å². The van der Waals surface area contributed by atoms with Crippen molar-refractivity contribution in [2.75, 3.05) is 0 Å². The Hall–Kier alpha value is -0.740. The van der Waals surface area contributed by atoms with Crippen LogP contribution in [0, 0.1) is 5.92 Å². The lowest BCUT2D eigenvalue weighted by Gasteiger charge is -2.26. The minimum absolute atomic E-state index is 0.219. The molecule has 4 nitrogen and oxygen atoms in total. The second kappa shape index (κ2) is 3.20. The highest BCUT2D eigenvalue weighted by atomic mass is 35.5. The summed E-state index contributed by atoms with van der Waals surface area (Å²) in [7, 11) is 0. The maximum Gasteiger partial charge on any atom is 0.351 e. The summed E-state index contributed by atoms with van der Waals surface area (Å²) in [5.74, 6) is -3.40. The van der Waals surface area contributed by atoms with Crippen LogP contribution in [0.3, 0.4) is 0 Å². The van der Waals surface area contributed by atoms with E-state index in [2.05, 4.69) is 4.74 Å². The average molecular weight is 224 g/mol. The Morgan fingerprint density at radius 3 is 2.62 bits per heavy atom. The molecule has 0 fully saturated rings. The zero-order valence-corrected chi connectivity index (χ0v) is 8.06. The highest BCUT2D eigenvalue weighted by Crippen LogP contribution is 2.36. The molecule has 0 spiro atoms. The molecule has 72 valence electrons. The summed E-state index contributed by atoms with van der Waals surface area (Å²) in [6, 6.07) is 0. The second-order valence-electron chi connectivity index (χ2n) is 2.62. The summed E-state index contributed by atoms with van der Waals surface area (Å²) in [6.07, 6.45) is 1.05. The van der Waals surface area contributed by atoms with Gasteiger partial charge in [0.15, 0.2) is 0 Å². The number of carboxylic acid groups (broad SMARTS) is 1. The van der Waals surface area contributed by atoms with E-state index in [1.165, 1.54) is 6.92 Å². The van der Waals surface area contributed by atoms with Gasteiger partial charge in [0.1, 0.15) is 5.03 Å². The van der Waals surface area contributed by atoms with Gasteiger partial charge in [0.2, 0.25) is 5.06 Å². The van der Waals surface area contributed by atoms with Crippen molar-refractivity contribution in [3.05, 3.63) is 11.1 Å². The first-order valence-electron chi connectivity index (χ1n) is 3.38. The number of carbonyl (C=O) groups excluding carboxylic acids is 2. The van der Waals surface area contributed by atoms with E-state index in [-0.39, 0.29) is 5.03 Å². The molecule has 1 aliphatic heterocycles. The number of carbonyl (C=O) groups is 2. The molecule has 0 radical (unpaired) electrons. The van der Waals surface area contributed by atoms with Gasteiger partial charge in [-0.05, 0) is 0 Å². The topological polar surface area (TPSA) is 66.4 Å². The third kappa shape index (κ3) is 1.78. The molecular weight excluding hydrogens is 219 g/mol. The van der Waals surface area contributed by atoms with Crippen LogP contribution in [0.5, 0.6) is 0 Å². The molecule has 1 heterocycles. The molecule has 2 unspecified atom stereocenters. The average Bonchev–Trinajstić information content (AvgIpc) is 2.26. The Kier molecular flexibility index (Phi) is 2.54. The van der Waals surface area contributed by atoms with Crippen molar-refractivity contribution in [2.24, 2.45) is 5.92 Å². The molecule has 0 saturated heterocycles. The van der Waals surface area contributed by atoms with Gasteiger partial charge in [-0.25, -0.2) is 4.79 Å². The molecule has 0 amide bonds. The number of alkyl halides is 1. The summed E-state index contributed by atoms with van der Waals surface area (Å²) in [5, 5.41) is 8.51. The van der Waals surface area contributed by atoms with Crippen molar-refractivity contribution in [3.8, 4) is 0 Å². The number of halogens is 2. The number of carboxylic acids is 1. The lowest BCUT2D eigenvalue weighted by molar-refractivity contribution is -0.313. The molecule has 0 aromatic rings. The van der Waals surface area contributed by atoms with Gasteiger partial charge in [-0.15, -0.1) is 0 Å². The highest BCUT2D eigenvalue weighted by Gasteiger charge is 2.43. The van der Waals surface area contributed by atoms with Gasteiger partial charge in [0.05, 0.1) is 5.92 Å². The van der Waals surface area contributed by atoms with Gasteiger partial charge in [0.25, 0.3) is 0 Å². The number of aliphatic carboxylic acids is 1. The third-order valence-electron chi connectivity index (χ3n) is 1.71. The van der Waals surface area contributed by atoms with Crippen LogP contribution < -0.4 is 5.11 Å². The Balaban J connectivity index is 2.93. The Morgan fingerprint density at radius 1 is 1.77 bits per heavy atom. The highest BCUT2D eigenvalue weighted by molar-refractivity contribution is 6.43. The van der Waals surface area contributed by atoms with Crippen LogP contribution >= 0.6 is 23.2 Å². The normalized spacial score (nSPS) is 29.5. The molecule has 13 heavy (non-hydrogen) atoms. The minimum atomic E-state index is -1.72. The fraction of sp³-hybridized carbons (Fsp3) is 0.429. The molecule has 0 saturated carbocycles. The number of esters is 1. The van der Waals surface area contributed by atoms with Crippen LogP contribution in [0.2, 0.25) is 0 Å². The molecule has 1 rings (SSSR count). The van der Waals surface area contributed by atoms with Gasteiger partial charge in [0, 0.05) is 12.0 Å². The second-order valence-corrected chi connectivity index (χ2v) is 3.62. The summed E-state index contributed by atoms with van der Waals surface area (Å²) in [4.78, 5) is 21.2. The molecule has 0 N–H and O–H groups in total. The van der Waals surface area contributed by atoms with E-state index in [9.17, 15) is 14.7 Å². The first-order chi connectivity index (χ1) is 5.87. The van der Waals surface area contributed by atoms with E-state index < -0.39 is 22.9 Å². The van der Waals surface area contributed by atoms with E-state index in [0.29, 0.717) is 0 Å². The quantitative estimate of drug-likeness (QED) is 0.488. The Bertz CT molecular complexity index is 299. The third-order valence-corrected chi connectivity index (χ3v) is 2.49. The van der Waals surface area contributed by atoms with Crippen molar-refractivity contribution >= 4 is 35.1 Å². The summed E-state index contributed by atoms with van der Waals surface area (Å²) in [6.45, 7) is 1.27. The number of cyclic esters (lactones) is 1. The molecule has 0 aliphatic carbocycles. The number of hydrogen-bond donors (Lipinski definition) is 0. The predicted molar refractivity (Wildman–Crippen MR) is 42.8 cm³/mol. The van der Waals surface area contributed by atoms with Gasteiger partial charge in [-0.2, -0.15) is 0 Å². The molecule has 2 atom stereocenters. The lowest BCUT2D eigenvalue weighted by Crippen LogP contribution is -2.42.